The Labute approximate surface area is 63.8 Å². The minimum absolute atomic E-state index is 0.193. The molecule has 0 aliphatic carbocycles. The van der Waals surface area contributed by atoms with Gasteiger partial charge in [0, 0.05) is 4.88 Å². The standard InChI is InChI=1S/C7H10O2S/c1-5-2-3-10-7(5)6(9)4-8/h2-3,6,8-9H,4H2,1H3. The van der Waals surface area contributed by atoms with Crippen molar-refractivity contribution in [3.05, 3.63) is 21.9 Å². The van der Waals surface area contributed by atoms with E-state index in [9.17, 15) is 0 Å². The molecule has 0 fully saturated rings. The van der Waals surface area contributed by atoms with Crippen LogP contribution in [0.2, 0.25) is 0 Å². The molecule has 0 saturated heterocycles. The minimum Gasteiger partial charge on any atom is -0.393 e. The van der Waals surface area contributed by atoms with Crippen LogP contribution in [0.3, 0.4) is 0 Å². The second kappa shape index (κ2) is 3.14. The van der Waals surface area contributed by atoms with Crippen molar-refractivity contribution < 1.29 is 10.2 Å². The third-order valence-electron chi connectivity index (χ3n) is 1.38. The summed E-state index contributed by atoms with van der Waals surface area (Å²) in [5, 5.41) is 19.7. The maximum absolute atomic E-state index is 9.16. The fourth-order valence-electron chi connectivity index (χ4n) is 0.809. The van der Waals surface area contributed by atoms with Crippen LogP contribution < -0.4 is 0 Å². The smallest absolute Gasteiger partial charge is 0.111 e. The monoisotopic (exact) mass is 158 g/mol. The number of rotatable bonds is 2. The Balaban J connectivity index is 2.82. The highest BCUT2D eigenvalue weighted by molar-refractivity contribution is 7.10. The van der Waals surface area contributed by atoms with E-state index in [1.165, 1.54) is 11.3 Å². The van der Waals surface area contributed by atoms with Crippen LogP contribution in [-0.2, 0) is 0 Å². The molecule has 1 rings (SSSR count). The summed E-state index contributed by atoms with van der Waals surface area (Å²) in [6.07, 6.45) is -0.694. The fraction of sp³-hybridized carbons (Fsp3) is 0.429. The van der Waals surface area contributed by atoms with Crippen LogP contribution in [0.15, 0.2) is 11.4 Å². The third kappa shape index (κ3) is 1.37. The van der Waals surface area contributed by atoms with Gasteiger partial charge in [-0.2, -0.15) is 0 Å². The van der Waals surface area contributed by atoms with E-state index in [2.05, 4.69) is 0 Å². The molecule has 0 spiro atoms. The van der Waals surface area contributed by atoms with Crippen molar-refractivity contribution in [2.45, 2.75) is 13.0 Å². The van der Waals surface area contributed by atoms with Crippen molar-refractivity contribution in [1.82, 2.24) is 0 Å². The van der Waals surface area contributed by atoms with Crippen molar-refractivity contribution in [2.24, 2.45) is 0 Å². The summed E-state index contributed by atoms with van der Waals surface area (Å²) in [7, 11) is 0. The van der Waals surface area contributed by atoms with Gasteiger partial charge < -0.3 is 10.2 Å². The zero-order valence-corrected chi connectivity index (χ0v) is 6.56. The summed E-state index contributed by atoms with van der Waals surface area (Å²) in [4.78, 5) is 0.863. The van der Waals surface area contributed by atoms with Crippen LogP contribution in [0.1, 0.15) is 16.5 Å². The molecule has 1 aromatic rings. The molecule has 0 bridgehead atoms. The lowest BCUT2D eigenvalue weighted by Crippen LogP contribution is -2.00. The molecule has 0 aliphatic rings. The van der Waals surface area contributed by atoms with Gasteiger partial charge in [-0.25, -0.2) is 0 Å². The molecular weight excluding hydrogens is 148 g/mol. The number of aryl methyl sites for hydroxylation is 1. The van der Waals surface area contributed by atoms with Gasteiger partial charge in [0.25, 0.3) is 0 Å². The molecule has 2 N–H and O–H groups in total. The van der Waals surface area contributed by atoms with Gasteiger partial charge in [0.1, 0.15) is 6.10 Å². The summed E-state index contributed by atoms with van der Waals surface area (Å²) in [6.45, 7) is 1.73. The Morgan fingerprint density at radius 1 is 1.70 bits per heavy atom. The molecule has 1 atom stereocenters. The fourth-order valence-corrected chi connectivity index (χ4v) is 1.71. The zero-order valence-electron chi connectivity index (χ0n) is 5.74. The largest absolute Gasteiger partial charge is 0.393 e. The first kappa shape index (κ1) is 7.72. The van der Waals surface area contributed by atoms with E-state index < -0.39 is 6.10 Å². The number of thiophene rings is 1. The van der Waals surface area contributed by atoms with Gasteiger partial charge in [-0.05, 0) is 23.9 Å². The molecule has 56 valence electrons. The van der Waals surface area contributed by atoms with Crippen molar-refractivity contribution >= 4 is 11.3 Å². The quantitative estimate of drug-likeness (QED) is 0.676. The Morgan fingerprint density at radius 3 is 2.80 bits per heavy atom. The molecule has 10 heavy (non-hydrogen) atoms. The second-order valence-corrected chi connectivity index (χ2v) is 3.11. The van der Waals surface area contributed by atoms with Gasteiger partial charge in [0.15, 0.2) is 0 Å². The lowest BCUT2D eigenvalue weighted by atomic mass is 10.2. The summed E-state index contributed by atoms with van der Waals surface area (Å²) >= 11 is 1.47. The summed E-state index contributed by atoms with van der Waals surface area (Å²) in [6, 6.07) is 1.93. The maximum Gasteiger partial charge on any atom is 0.111 e. The van der Waals surface area contributed by atoms with Gasteiger partial charge in [0.05, 0.1) is 6.61 Å². The first-order chi connectivity index (χ1) is 4.75. The number of aliphatic hydroxyl groups is 2. The Kier molecular flexibility index (Phi) is 2.43. The van der Waals surface area contributed by atoms with E-state index in [0.29, 0.717) is 0 Å². The zero-order chi connectivity index (χ0) is 7.56. The Hall–Kier alpha value is -0.380. The van der Waals surface area contributed by atoms with Crippen LogP contribution in [-0.4, -0.2) is 16.8 Å². The normalized spacial score (nSPS) is 13.5. The molecule has 0 aliphatic heterocycles. The van der Waals surface area contributed by atoms with E-state index in [4.69, 9.17) is 10.2 Å². The van der Waals surface area contributed by atoms with Crippen molar-refractivity contribution in [1.29, 1.82) is 0 Å². The molecule has 1 unspecified atom stereocenters. The lowest BCUT2D eigenvalue weighted by molar-refractivity contribution is 0.0979. The molecule has 0 amide bonds. The van der Waals surface area contributed by atoms with Gasteiger partial charge >= 0.3 is 0 Å². The number of hydrogen-bond donors (Lipinski definition) is 2. The van der Waals surface area contributed by atoms with Crippen LogP contribution in [0.25, 0.3) is 0 Å². The maximum atomic E-state index is 9.16. The van der Waals surface area contributed by atoms with Crippen molar-refractivity contribution in [3.63, 3.8) is 0 Å². The third-order valence-corrected chi connectivity index (χ3v) is 2.50. The molecule has 0 radical (unpaired) electrons. The average molecular weight is 158 g/mol. The molecule has 2 nitrogen and oxygen atoms in total. The Bertz CT molecular complexity index is 207. The van der Waals surface area contributed by atoms with Crippen LogP contribution >= 0.6 is 11.3 Å². The van der Waals surface area contributed by atoms with E-state index in [1.807, 2.05) is 18.4 Å². The van der Waals surface area contributed by atoms with E-state index in [0.717, 1.165) is 10.4 Å². The average Bonchev–Trinajstić information content (AvgIpc) is 2.34. The predicted octanol–water partition coefficient (Wildman–Crippen LogP) is 1.08. The molecule has 3 heteroatoms. The van der Waals surface area contributed by atoms with Crippen molar-refractivity contribution in [2.75, 3.05) is 6.61 Å². The molecular formula is C7H10O2S. The summed E-state index contributed by atoms with van der Waals surface area (Å²) in [5.74, 6) is 0. The summed E-state index contributed by atoms with van der Waals surface area (Å²) < 4.78 is 0. The molecule has 0 aromatic carbocycles. The van der Waals surface area contributed by atoms with E-state index in [1.54, 1.807) is 0 Å². The first-order valence-electron chi connectivity index (χ1n) is 3.08. The van der Waals surface area contributed by atoms with E-state index in [-0.39, 0.29) is 6.61 Å². The highest BCUT2D eigenvalue weighted by Crippen LogP contribution is 2.22. The second-order valence-electron chi connectivity index (χ2n) is 2.17. The highest BCUT2D eigenvalue weighted by atomic mass is 32.1. The molecule has 1 aromatic heterocycles. The lowest BCUT2D eigenvalue weighted by Gasteiger charge is -2.04. The minimum atomic E-state index is -0.694. The summed E-state index contributed by atoms with van der Waals surface area (Å²) in [5.41, 5.74) is 1.05. The molecule has 0 saturated carbocycles. The number of aliphatic hydroxyl groups excluding tert-OH is 2. The van der Waals surface area contributed by atoms with Crippen LogP contribution in [0.5, 0.6) is 0 Å². The van der Waals surface area contributed by atoms with E-state index >= 15 is 0 Å². The highest BCUT2D eigenvalue weighted by Gasteiger charge is 2.08. The SMILES string of the molecule is Cc1ccsc1C(O)CO. The van der Waals surface area contributed by atoms with Crippen molar-refractivity contribution in [3.8, 4) is 0 Å². The van der Waals surface area contributed by atoms with Crippen LogP contribution in [0.4, 0.5) is 0 Å². The molecule has 1 heterocycles. The first-order valence-corrected chi connectivity index (χ1v) is 3.96. The van der Waals surface area contributed by atoms with Gasteiger partial charge in [-0.3, -0.25) is 0 Å². The van der Waals surface area contributed by atoms with Gasteiger partial charge in [-0.1, -0.05) is 0 Å². The predicted molar refractivity (Wildman–Crippen MR) is 41.1 cm³/mol. The van der Waals surface area contributed by atoms with Gasteiger partial charge in [0.2, 0.25) is 0 Å². The van der Waals surface area contributed by atoms with Gasteiger partial charge in [-0.15, -0.1) is 11.3 Å². The Morgan fingerprint density at radius 2 is 2.40 bits per heavy atom. The topological polar surface area (TPSA) is 40.5 Å². The number of hydrogen-bond acceptors (Lipinski definition) is 3. The van der Waals surface area contributed by atoms with Crippen LogP contribution in [0, 0.1) is 6.92 Å².